The number of amides is 5. The normalized spacial score (nSPS) is 11.9. The van der Waals surface area contributed by atoms with Crippen molar-refractivity contribution in [2.45, 2.75) is 59.4 Å². The van der Waals surface area contributed by atoms with Gasteiger partial charge in [-0.05, 0) is 168 Å². The number of nitrogens with one attached hydrogen (secondary N) is 5. The van der Waals surface area contributed by atoms with E-state index >= 15 is 4.79 Å². The van der Waals surface area contributed by atoms with Crippen LogP contribution in [0.3, 0.4) is 0 Å². The van der Waals surface area contributed by atoms with E-state index in [-0.39, 0.29) is 74.2 Å². The van der Waals surface area contributed by atoms with E-state index in [1.54, 1.807) is 6.92 Å². The van der Waals surface area contributed by atoms with Crippen molar-refractivity contribution in [3.05, 3.63) is 32.5 Å². The van der Waals surface area contributed by atoms with Gasteiger partial charge in [-0.25, -0.2) is 4.79 Å². The van der Waals surface area contributed by atoms with Gasteiger partial charge in [0, 0.05) is 34.8 Å². The molecule has 0 fully saturated rings. The average molecular weight is 1370 g/mol. The number of anilines is 4. The molecule has 5 amide bonds. The standard InChI is InChI=1S/C30H32I6N6O8/c1-6-50-29(49)30(9-7-8-10-37,27(47)15-17(31)23(38-11(2)43)21(35)24(18(15)32)39-12(3)44)42-28(48)16-19(33)25(40-13(4)45)22(36)26(20(16)34)41-14(5)46/h6-10,37H2,1-5H3,(H,38,43)(H,39,44)(H,40,45)(H,41,46)(H,42,48)/t30-/m1/s1. The molecule has 2 aromatic carbocycles. The molecule has 0 spiro atoms. The van der Waals surface area contributed by atoms with Crippen LogP contribution in [0.15, 0.2) is 0 Å². The largest absolute Gasteiger partial charge is 0.464 e. The van der Waals surface area contributed by atoms with E-state index in [2.05, 4.69) is 26.6 Å². The topological polar surface area (TPSA) is 215 Å². The third-order valence-corrected chi connectivity index (χ3v) is 13.1. The van der Waals surface area contributed by atoms with Crippen LogP contribution in [0.4, 0.5) is 22.7 Å². The lowest BCUT2D eigenvalue weighted by Crippen LogP contribution is -2.61. The van der Waals surface area contributed by atoms with Crippen molar-refractivity contribution in [3.63, 3.8) is 0 Å². The maximum atomic E-state index is 15.1. The van der Waals surface area contributed by atoms with Gasteiger partial charge >= 0.3 is 5.97 Å². The molecule has 0 saturated carbocycles. The number of benzene rings is 2. The molecule has 0 bridgehead atoms. The molecule has 0 radical (unpaired) electrons. The summed E-state index contributed by atoms with van der Waals surface area (Å²) in [6.45, 7) is 6.81. The fourth-order valence-corrected chi connectivity index (χ4v) is 13.0. The minimum absolute atomic E-state index is 0.0238. The number of rotatable bonds is 14. The van der Waals surface area contributed by atoms with Crippen LogP contribution in [0.25, 0.3) is 0 Å². The van der Waals surface area contributed by atoms with Crippen LogP contribution in [-0.4, -0.2) is 60.0 Å². The summed E-state index contributed by atoms with van der Waals surface area (Å²) in [6, 6.07) is 0. The monoisotopic (exact) mass is 1370 g/mol. The van der Waals surface area contributed by atoms with Gasteiger partial charge in [0.05, 0.1) is 54.8 Å². The van der Waals surface area contributed by atoms with E-state index < -0.39 is 46.8 Å². The second kappa shape index (κ2) is 20.1. The summed E-state index contributed by atoms with van der Waals surface area (Å²) in [5.41, 5.74) is 4.30. The molecule has 2 rings (SSSR count). The Hall–Kier alpha value is -0.730. The third kappa shape index (κ3) is 10.7. The van der Waals surface area contributed by atoms with E-state index in [4.69, 9.17) is 10.5 Å². The first kappa shape index (κ1) is 45.4. The van der Waals surface area contributed by atoms with Crippen LogP contribution in [0.5, 0.6) is 0 Å². The van der Waals surface area contributed by atoms with Crippen LogP contribution in [0, 0.1) is 21.4 Å². The van der Waals surface area contributed by atoms with E-state index in [1.807, 2.05) is 136 Å². The quantitative estimate of drug-likeness (QED) is 0.0418. The van der Waals surface area contributed by atoms with Crippen LogP contribution in [-0.2, 0) is 28.7 Å². The molecule has 50 heavy (non-hydrogen) atoms. The van der Waals surface area contributed by atoms with E-state index in [0.29, 0.717) is 13.6 Å². The van der Waals surface area contributed by atoms with Crippen molar-refractivity contribution in [2.75, 3.05) is 34.4 Å². The van der Waals surface area contributed by atoms with Crippen molar-refractivity contribution in [2.24, 2.45) is 5.73 Å². The molecular formula is C30H32I6N6O8. The van der Waals surface area contributed by atoms with E-state index in [9.17, 15) is 28.8 Å². The first-order valence-corrected chi connectivity index (χ1v) is 21.0. The number of unbranched alkanes of at least 4 members (excludes halogenated alkanes) is 1. The lowest BCUT2D eigenvalue weighted by atomic mass is 9.83. The number of hydrogen-bond donors (Lipinski definition) is 6. The second-order valence-corrected chi connectivity index (χ2v) is 17.0. The molecule has 0 unspecified atom stereocenters. The summed E-state index contributed by atoms with van der Waals surface area (Å²) in [4.78, 5) is 92.8. The molecular weight excluding hydrogens is 1330 g/mol. The van der Waals surface area contributed by atoms with E-state index in [1.165, 1.54) is 27.7 Å². The Kier molecular flexibility index (Phi) is 18.3. The Morgan fingerprint density at radius 3 is 1.28 bits per heavy atom. The highest BCUT2D eigenvalue weighted by atomic mass is 127. The smallest absolute Gasteiger partial charge is 0.340 e. The number of hydrogen-bond acceptors (Lipinski definition) is 9. The average Bonchev–Trinajstić information content (AvgIpc) is 3.01. The third-order valence-electron chi connectivity index (χ3n) is 6.64. The predicted molar refractivity (Wildman–Crippen MR) is 240 cm³/mol. The molecule has 272 valence electrons. The van der Waals surface area contributed by atoms with Crippen molar-refractivity contribution >= 4 is 200 Å². The number of carbonyl (C=O) groups excluding carboxylic acids is 7. The molecule has 0 aromatic heterocycles. The van der Waals surface area contributed by atoms with Crippen LogP contribution >= 0.6 is 136 Å². The number of carbonyl (C=O) groups is 7. The van der Waals surface area contributed by atoms with Gasteiger partial charge in [-0.1, -0.05) is 0 Å². The first-order valence-electron chi connectivity index (χ1n) is 14.5. The number of ketones is 1. The number of ether oxygens (including phenoxy) is 1. The fraction of sp³-hybridized carbons (Fsp3) is 0.367. The SMILES string of the molecule is CCOC(=O)[C@](CCCCN)(NC(=O)c1c(I)c(NC(C)=O)c(I)c(NC(C)=O)c1I)C(=O)c1c(I)c(NC(C)=O)c(I)c(NC(C)=O)c1I. The van der Waals surface area contributed by atoms with Crippen LogP contribution in [0.1, 0.15) is 74.6 Å². The first-order chi connectivity index (χ1) is 23.3. The van der Waals surface area contributed by atoms with Gasteiger partial charge in [0.2, 0.25) is 35.0 Å². The highest BCUT2D eigenvalue weighted by Gasteiger charge is 2.51. The Morgan fingerprint density at radius 2 is 0.960 bits per heavy atom. The lowest BCUT2D eigenvalue weighted by Gasteiger charge is -2.33. The zero-order valence-electron chi connectivity index (χ0n) is 27.1. The molecule has 20 heteroatoms. The molecule has 0 saturated heterocycles. The number of Topliss-reactive ketones (excluding diaryl/α,β-unsaturated/α-hetero) is 1. The molecule has 2 aromatic rings. The Labute approximate surface area is 370 Å². The Balaban J connectivity index is 3.09. The minimum Gasteiger partial charge on any atom is -0.464 e. The number of halogens is 6. The molecule has 0 aliphatic rings. The fourth-order valence-electron chi connectivity index (χ4n) is 4.61. The molecule has 14 nitrogen and oxygen atoms in total. The zero-order valence-corrected chi connectivity index (χ0v) is 40.1. The summed E-state index contributed by atoms with van der Waals surface area (Å²) in [5, 5.41) is 13.6. The summed E-state index contributed by atoms with van der Waals surface area (Å²) in [6.07, 6.45) is 0.369. The minimum atomic E-state index is -2.34. The summed E-state index contributed by atoms with van der Waals surface area (Å²) >= 11 is 11.4. The van der Waals surface area contributed by atoms with Crippen LogP contribution in [0.2, 0.25) is 0 Å². The predicted octanol–water partition coefficient (Wildman–Crippen LogP) is 6.19. The molecule has 7 N–H and O–H groups in total. The molecule has 0 aliphatic heterocycles. The summed E-state index contributed by atoms with van der Waals surface area (Å²) < 4.78 is 7.44. The van der Waals surface area contributed by atoms with Gasteiger partial charge in [0.15, 0.2) is 0 Å². The molecule has 0 aliphatic carbocycles. The molecule has 1 atom stereocenters. The van der Waals surface area contributed by atoms with Crippen molar-refractivity contribution < 1.29 is 38.3 Å². The highest BCUT2D eigenvalue weighted by Crippen LogP contribution is 2.42. The van der Waals surface area contributed by atoms with Gasteiger partial charge in [-0.15, -0.1) is 0 Å². The van der Waals surface area contributed by atoms with Crippen LogP contribution < -0.4 is 32.3 Å². The number of esters is 1. The maximum absolute atomic E-state index is 15.1. The molecule has 0 heterocycles. The van der Waals surface area contributed by atoms with Crippen molar-refractivity contribution in [3.8, 4) is 0 Å². The lowest BCUT2D eigenvalue weighted by molar-refractivity contribution is -0.149. The second-order valence-electron chi connectivity index (χ2n) is 10.5. The van der Waals surface area contributed by atoms with E-state index in [0.717, 1.165) is 0 Å². The van der Waals surface area contributed by atoms with Crippen molar-refractivity contribution in [1.29, 1.82) is 0 Å². The van der Waals surface area contributed by atoms with Crippen molar-refractivity contribution in [1.82, 2.24) is 5.32 Å². The maximum Gasteiger partial charge on any atom is 0.340 e. The Morgan fingerprint density at radius 1 is 0.600 bits per heavy atom. The van der Waals surface area contributed by atoms with Gasteiger partial charge in [-0.2, -0.15) is 0 Å². The van der Waals surface area contributed by atoms with Gasteiger partial charge in [0.1, 0.15) is 0 Å². The zero-order chi connectivity index (χ0) is 38.2. The van der Waals surface area contributed by atoms with Gasteiger partial charge < -0.3 is 37.1 Å². The summed E-state index contributed by atoms with van der Waals surface area (Å²) in [7, 11) is 0. The highest BCUT2D eigenvalue weighted by molar-refractivity contribution is 14.1. The van der Waals surface area contributed by atoms with Gasteiger partial charge in [-0.3, -0.25) is 28.8 Å². The summed E-state index contributed by atoms with van der Waals surface area (Å²) in [5.74, 6) is -4.54. The Bertz CT molecular complexity index is 1690. The number of nitrogens with two attached hydrogens (primary N) is 1. The van der Waals surface area contributed by atoms with Gasteiger partial charge in [0.25, 0.3) is 5.91 Å².